The monoisotopic (exact) mass is 425 g/mol. The molecule has 0 N–H and O–H groups in total. The molecule has 1 amide bonds. The van der Waals surface area contributed by atoms with Gasteiger partial charge >= 0.3 is 12.4 Å². The summed E-state index contributed by atoms with van der Waals surface area (Å²) in [5.74, 6) is -2.20. The van der Waals surface area contributed by atoms with Gasteiger partial charge in [-0.3, -0.25) is 9.69 Å². The van der Waals surface area contributed by atoms with Crippen LogP contribution in [-0.4, -0.2) is 22.6 Å². The van der Waals surface area contributed by atoms with Gasteiger partial charge in [0, 0.05) is 11.4 Å². The van der Waals surface area contributed by atoms with Crippen LogP contribution < -0.4 is 4.90 Å². The summed E-state index contributed by atoms with van der Waals surface area (Å²) in [4.78, 5) is 12.9. The number of alkyl halides is 7. The minimum absolute atomic E-state index is 0.129. The maximum Gasteiger partial charge on any atom is 0.421 e. The molecule has 2 aromatic rings. The first-order chi connectivity index (χ1) is 11.5. The first-order valence-corrected chi connectivity index (χ1v) is 7.56. The van der Waals surface area contributed by atoms with Crippen LogP contribution in [0.3, 0.4) is 0 Å². The van der Waals surface area contributed by atoms with E-state index in [4.69, 9.17) is 0 Å². The van der Waals surface area contributed by atoms with Crippen molar-refractivity contribution < 1.29 is 31.1 Å². The number of benzene rings is 2. The lowest BCUT2D eigenvalue weighted by Gasteiger charge is -2.35. The van der Waals surface area contributed by atoms with Gasteiger partial charge in [0.1, 0.15) is 0 Å². The number of halogens is 7. The molecule has 0 aliphatic carbocycles. The Balaban J connectivity index is 2.67. The van der Waals surface area contributed by atoms with Crippen LogP contribution in [0.1, 0.15) is 0 Å². The number of para-hydroxylation sites is 2. The molecule has 134 valence electrons. The van der Waals surface area contributed by atoms with Crippen LogP contribution in [0.4, 0.5) is 37.7 Å². The standard InChI is InChI=1S/C16H10BrF6NO/c17-14(15(18,19)20,16(21,22)23)13(25)24(11-7-3-1-4-8-11)12-9-5-2-6-10-12/h1-10H. The largest absolute Gasteiger partial charge is 0.421 e. The zero-order valence-electron chi connectivity index (χ0n) is 12.3. The molecule has 0 saturated carbocycles. The molecule has 25 heavy (non-hydrogen) atoms. The predicted octanol–water partition coefficient (Wildman–Crippen LogP) is 5.61. The van der Waals surface area contributed by atoms with E-state index in [9.17, 15) is 31.1 Å². The zero-order chi connectivity index (χ0) is 18.9. The van der Waals surface area contributed by atoms with Crippen LogP contribution in [0.5, 0.6) is 0 Å². The summed E-state index contributed by atoms with van der Waals surface area (Å²) in [5.41, 5.74) is -0.257. The van der Waals surface area contributed by atoms with Crippen LogP contribution in [0.15, 0.2) is 60.7 Å². The lowest BCUT2D eigenvalue weighted by Crippen LogP contribution is -2.61. The Labute approximate surface area is 147 Å². The highest BCUT2D eigenvalue weighted by molar-refractivity contribution is 9.10. The van der Waals surface area contributed by atoms with E-state index in [1.54, 1.807) is 15.9 Å². The van der Waals surface area contributed by atoms with Crippen LogP contribution in [-0.2, 0) is 4.79 Å². The van der Waals surface area contributed by atoms with Crippen LogP contribution in [0, 0.1) is 0 Å². The number of hydrogen-bond donors (Lipinski definition) is 0. The summed E-state index contributed by atoms with van der Waals surface area (Å²) >= 11 is 1.65. The van der Waals surface area contributed by atoms with Gasteiger partial charge in [-0.05, 0) is 24.3 Å². The molecule has 0 heterocycles. The van der Waals surface area contributed by atoms with Gasteiger partial charge in [-0.2, -0.15) is 26.3 Å². The van der Waals surface area contributed by atoms with E-state index in [0.29, 0.717) is 4.90 Å². The summed E-state index contributed by atoms with van der Waals surface area (Å²) < 4.78 is 74.6. The second kappa shape index (κ2) is 6.70. The van der Waals surface area contributed by atoms with Gasteiger partial charge in [0.2, 0.25) is 0 Å². The minimum Gasteiger partial charge on any atom is -0.279 e. The SMILES string of the molecule is O=C(N(c1ccccc1)c1ccccc1)C(Br)(C(F)(F)F)C(F)(F)F. The predicted molar refractivity (Wildman–Crippen MR) is 83.8 cm³/mol. The van der Waals surface area contributed by atoms with Gasteiger partial charge in [0.25, 0.3) is 10.2 Å². The number of carbonyl (C=O) groups excluding carboxylic acids is 1. The summed E-state index contributed by atoms with van der Waals surface area (Å²) in [5, 5.41) is 0. The molecule has 0 unspecified atom stereocenters. The Morgan fingerprint density at radius 2 is 1.04 bits per heavy atom. The Hall–Kier alpha value is -2.03. The summed E-state index contributed by atoms with van der Waals surface area (Å²) in [6.45, 7) is 0. The fourth-order valence-electron chi connectivity index (χ4n) is 2.09. The van der Waals surface area contributed by atoms with Crippen LogP contribution >= 0.6 is 15.9 Å². The van der Waals surface area contributed by atoms with Crippen molar-refractivity contribution in [1.29, 1.82) is 0 Å². The molecule has 9 heteroatoms. The number of amides is 1. The number of nitrogens with zero attached hydrogens (tertiary/aromatic N) is 1. The van der Waals surface area contributed by atoms with Gasteiger partial charge in [0.05, 0.1) is 0 Å². The van der Waals surface area contributed by atoms with E-state index < -0.39 is 22.6 Å². The van der Waals surface area contributed by atoms with Crippen molar-refractivity contribution >= 4 is 33.2 Å². The highest BCUT2D eigenvalue weighted by Gasteiger charge is 2.75. The van der Waals surface area contributed by atoms with E-state index >= 15 is 0 Å². The molecule has 2 aromatic carbocycles. The molecule has 0 aliphatic heterocycles. The third-order valence-corrected chi connectivity index (χ3v) is 4.55. The molecule has 0 spiro atoms. The average molecular weight is 426 g/mol. The number of anilines is 2. The molecule has 0 aromatic heterocycles. The van der Waals surface area contributed by atoms with E-state index in [1.807, 2.05) is 0 Å². The number of carbonyl (C=O) groups is 1. The van der Waals surface area contributed by atoms with Gasteiger partial charge < -0.3 is 0 Å². The number of hydrogen-bond acceptors (Lipinski definition) is 1. The maximum atomic E-state index is 13.2. The van der Waals surface area contributed by atoms with Crippen molar-refractivity contribution in [2.75, 3.05) is 4.90 Å². The van der Waals surface area contributed by atoms with Crippen LogP contribution in [0.2, 0.25) is 0 Å². The number of rotatable bonds is 3. The Morgan fingerprint density at radius 3 is 1.32 bits per heavy atom. The third kappa shape index (κ3) is 3.51. The molecule has 2 rings (SSSR count). The van der Waals surface area contributed by atoms with Gasteiger partial charge in [0.15, 0.2) is 0 Å². The quantitative estimate of drug-likeness (QED) is 0.462. The average Bonchev–Trinajstić information content (AvgIpc) is 2.54. The minimum atomic E-state index is -5.90. The second-order valence-electron chi connectivity index (χ2n) is 4.97. The van der Waals surface area contributed by atoms with Crippen molar-refractivity contribution in [2.45, 2.75) is 16.7 Å². The van der Waals surface area contributed by atoms with Gasteiger partial charge in [-0.1, -0.05) is 52.3 Å². The smallest absolute Gasteiger partial charge is 0.279 e. The first kappa shape index (κ1) is 19.3. The molecule has 0 fully saturated rings. The first-order valence-electron chi connectivity index (χ1n) is 6.77. The van der Waals surface area contributed by atoms with Gasteiger partial charge in [-0.25, -0.2) is 0 Å². The summed E-state index contributed by atoms with van der Waals surface area (Å²) in [7, 11) is 0. The maximum absolute atomic E-state index is 13.2. The van der Waals surface area contributed by atoms with Crippen LogP contribution in [0.25, 0.3) is 0 Å². The Kier molecular flexibility index (Phi) is 5.17. The van der Waals surface area contributed by atoms with Gasteiger partial charge in [-0.15, -0.1) is 0 Å². The van der Waals surface area contributed by atoms with E-state index in [0.717, 1.165) is 0 Å². The fourth-order valence-corrected chi connectivity index (χ4v) is 2.27. The Morgan fingerprint density at radius 1 is 0.720 bits per heavy atom. The summed E-state index contributed by atoms with van der Waals surface area (Å²) in [6, 6.07) is 13.6. The molecule has 0 radical (unpaired) electrons. The highest BCUT2D eigenvalue weighted by Crippen LogP contribution is 2.51. The topological polar surface area (TPSA) is 20.3 Å². The lowest BCUT2D eigenvalue weighted by atomic mass is 10.0. The normalized spacial score (nSPS) is 12.8. The molecule has 0 bridgehead atoms. The second-order valence-corrected chi connectivity index (χ2v) is 6.16. The molecule has 0 saturated heterocycles. The molecule has 2 nitrogen and oxygen atoms in total. The molecular formula is C16H10BrF6NO. The van der Waals surface area contributed by atoms with Crippen molar-refractivity contribution in [1.82, 2.24) is 0 Å². The summed E-state index contributed by atoms with van der Waals surface area (Å²) in [6.07, 6.45) is -11.8. The van der Waals surface area contributed by atoms with E-state index in [-0.39, 0.29) is 11.4 Å². The van der Waals surface area contributed by atoms with Crippen molar-refractivity contribution in [2.24, 2.45) is 0 Å². The Bertz CT molecular complexity index is 676. The molecule has 0 aliphatic rings. The van der Waals surface area contributed by atoms with E-state index in [2.05, 4.69) is 0 Å². The molecular weight excluding hydrogens is 416 g/mol. The molecule has 0 atom stereocenters. The van der Waals surface area contributed by atoms with Crippen molar-refractivity contribution in [3.63, 3.8) is 0 Å². The van der Waals surface area contributed by atoms with Crippen molar-refractivity contribution in [3.8, 4) is 0 Å². The zero-order valence-corrected chi connectivity index (χ0v) is 13.9. The van der Waals surface area contributed by atoms with Crippen molar-refractivity contribution in [3.05, 3.63) is 60.7 Å². The highest BCUT2D eigenvalue weighted by atomic mass is 79.9. The fraction of sp³-hybridized carbons (Fsp3) is 0.188. The third-order valence-electron chi connectivity index (χ3n) is 3.31. The van der Waals surface area contributed by atoms with E-state index in [1.165, 1.54) is 60.7 Å². The lowest BCUT2D eigenvalue weighted by molar-refractivity contribution is -0.253.